The van der Waals surface area contributed by atoms with E-state index in [4.69, 9.17) is 5.73 Å². The number of carbonyl (C=O) groups excluding carboxylic acids is 1. The van der Waals surface area contributed by atoms with Gasteiger partial charge in [-0.2, -0.15) is 0 Å². The van der Waals surface area contributed by atoms with Crippen LogP contribution < -0.4 is 5.73 Å². The van der Waals surface area contributed by atoms with Crippen LogP contribution in [-0.2, 0) is 4.79 Å². The highest BCUT2D eigenvalue weighted by molar-refractivity contribution is 5.81. The van der Waals surface area contributed by atoms with Gasteiger partial charge in [0.15, 0.2) is 0 Å². The number of aromatic nitrogens is 2. The van der Waals surface area contributed by atoms with Crippen molar-refractivity contribution in [3.8, 4) is 0 Å². The molecule has 0 saturated carbocycles. The van der Waals surface area contributed by atoms with Gasteiger partial charge in [-0.05, 0) is 6.92 Å². The van der Waals surface area contributed by atoms with Gasteiger partial charge in [-0.1, -0.05) is 0 Å². The Morgan fingerprint density at radius 2 is 2.50 bits per heavy atom. The monoisotopic (exact) mass is 169 g/mol. The molecule has 5 heteroatoms. The van der Waals surface area contributed by atoms with Crippen molar-refractivity contribution in [3.63, 3.8) is 0 Å². The van der Waals surface area contributed by atoms with Crippen LogP contribution in [0.15, 0.2) is 12.4 Å². The van der Waals surface area contributed by atoms with Crippen molar-refractivity contribution in [2.75, 3.05) is 0 Å². The lowest BCUT2D eigenvalue weighted by Gasteiger charge is -2.12. The number of aliphatic hydroxyl groups excluding tert-OH is 1. The number of aliphatic hydroxyl groups is 1. The zero-order valence-electron chi connectivity index (χ0n) is 6.69. The lowest BCUT2D eigenvalue weighted by atomic mass is 10.1. The number of carbonyl (C=O) groups is 1. The Morgan fingerprint density at radius 3 is 2.92 bits per heavy atom. The van der Waals surface area contributed by atoms with Gasteiger partial charge < -0.3 is 15.8 Å². The third kappa shape index (κ3) is 1.69. The largest absolute Gasteiger partial charge is 0.383 e. The average Bonchev–Trinajstić information content (AvgIpc) is 2.53. The number of ketones is 1. The van der Waals surface area contributed by atoms with E-state index in [1.807, 2.05) is 0 Å². The lowest BCUT2D eigenvalue weighted by Crippen LogP contribution is -2.35. The normalized spacial score (nSPS) is 15.6. The number of imidazole rings is 1. The van der Waals surface area contributed by atoms with E-state index in [1.165, 1.54) is 13.1 Å². The summed E-state index contributed by atoms with van der Waals surface area (Å²) in [4.78, 5) is 17.2. The Hall–Kier alpha value is -1.20. The summed E-state index contributed by atoms with van der Waals surface area (Å²) in [6, 6.07) is -0.906. The minimum atomic E-state index is -1.04. The predicted octanol–water partition coefficient (Wildman–Crippen LogP) is -0.641. The number of rotatable bonds is 3. The Bertz CT molecular complexity index is 258. The van der Waals surface area contributed by atoms with Crippen LogP contribution in [0.1, 0.15) is 18.9 Å². The quantitative estimate of drug-likeness (QED) is 0.561. The molecule has 5 nitrogen and oxygen atoms in total. The first kappa shape index (κ1) is 8.89. The molecule has 2 atom stereocenters. The second-order valence-corrected chi connectivity index (χ2v) is 2.56. The topological polar surface area (TPSA) is 92.0 Å². The fourth-order valence-corrected chi connectivity index (χ4v) is 0.832. The molecule has 0 bridgehead atoms. The molecule has 0 spiro atoms. The second kappa shape index (κ2) is 3.46. The Morgan fingerprint density at radius 1 is 1.83 bits per heavy atom. The van der Waals surface area contributed by atoms with Gasteiger partial charge in [0.2, 0.25) is 0 Å². The maximum atomic E-state index is 10.8. The summed E-state index contributed by atoms with van der Waals surface area (Å²) in [5, 5.41) is 9.41. The lowest BCUT2D eigenvalue weighted by molar-refractivity contribution is -0.120. The van der Waals surface area contributed by atoms with Crippen LogP contribution in [0.4, 0.5) is 0 Å². The van der Waals surface area contributed by atoms with E-state index in [2.05, 4.69) is 9.97 Å². The molecule has 1 rings (SSSR count). The third-order valence-corrected chi connectivity index (χ3v) is 1.61. The molecule has 0 aliphatic carbocycles. The molecule has 0 amide bonds. The Kier molecular flexibility index (Phi) is 2.57. The SMILES string of the molecule is CC(=O)[C@@H](N)[C@H](O)c1ncc[nH]1. The maximum absolute atomic E-state index is 10.8. The highest BCUT2D eigenvalue weighted by Crippen LogP contribution is 2.10. The minimum Gasteiger partial charge on any atom is -0.383 e. The summed E-state index contributed by atoms with van der Waals surface area (Å²) in [7, 11) is 0. The van der Waals surface area contributed by atoms with Crippen molar-refractivity contribution in [1.29, 1.82) is 0 Å². The van der Waals surface area contributed by atoms with Gasteiger partial charge in [-0.15, -0.1) is 0 Å². The number of nitrogens with two attached hydrogens (primary N) is 1. The Balaban J connectivity index is 2.71. The summed E-state index contributed by atoms with van der Waals surface area (Å²) in [6.07, 6.45) is 2.01. The maximum Gasteiger partial charge on any atom is 0.149 e. The number of H-pyrrole nitrogens is 1. The third-order valence-electron chi connectivity index (χ3n) is 1.61. The van der Waals surface area contributed by atoms with E-state index in [-0.39, 0.29) is 5.78 Å². The van der Waals surface area contributed by atoms with Crippen molar-refractivity contribution >= 4 is 5.78 Å². The number of hydrogen-bond acceptors (Lipinski definition) is 4. The molecule has 66 valence electrons. The van der Waals surface area contributed by atoms with Crippen LogP contribution in [-0.4, -0.2) is 26.9 Å². The van der Waals surface area contributed by atoms with E-state index in [1.54, 1.807) is 6.20 Å². The highest BCUT2D eigenvalue weighted by atomic mass is 16.3. The smallest absolute Gasteiger partial charge is 0.149 e. The van der Waals surface area contributed by atoms with Gasteiger partial charge in [0.1, 0.15) is 17.7 Å². The molecule has 1 aromatic heterocycles. The van der Waals surface area contributed by atoms with Crippen LogP contribution in [0.5, 0.6) is 0 Å². The fraction of sp³-hybridized carbons (Fsp3) is 0.429. The molecule has 1 aromatic rings. The van der Waals surface area contributed by atoms with Gasteiger partial charge in [0.25, 0.3) is 0 Å². The van der Waals surface area contributed by atoms with Gasteiger partial charge in [0.05, 0.1) is 6.04 Å². The number of nitrogens with one attached hydrogen (secondary N) is 1. The number of nitrogens with zero attached hydrogens (tertiary/aromatic N) is 1. The van der Waals surface area contributed by atoms with Crippen LogP contribution in [0.2, 0.25) is 0 Å². The van der Waals surface area contributed by atoms with E-state index in [9.17, 15) is 9.90 Å². The van der Waals surface area contributed by atoms with Crippen LogP contribution in [0.25, 0.3) is 0 Å². The molecule has 0 aliphatic rings. The number of hydrogen-bond donors (Lipinski definition) is 3. The molecule has 0 fully saturated rings. The molecule has 4 N–H and O–H groups in total. The van der Waals surface area contributed by atoms with Crippen LogP contribution in [0.3, 0.4) is 0 Å². The molecule has 0 aromatic carbocycles. The van der Waals surface area contributed by atoms with Gasteiger partial charge in [-0.25, -0.2) is 4.98 Å². The van der Waals surface area contributed by atoms with E-state index in [0.29, 0.717) is 5.82 Å². The van der Waals surface area contributed by atoms with Crippen molar-refractivity contribution in [1.82, 2.24) is 9.97 Å². The molecular formula is C7H11N3O2. The molecular weight excluding hydrogens is 158 g/mol. The van der Waals surface area contributed by atoms with E-state index < -0.39 is 12.1 Å². The highest BCUT2D eigenvalue weighted by Gasteiger charge is 2.22. The van der Waals surface area contributed by atoms with E-state index in [0.717, 1.165) is 0 Å². The van der Waals surface area contributed by atoms with Crippen LogP contribution in [0, 0.1) is 0 Å². The van der Waals surface area contributed by atoms with E-state index >= 15 is 0 Å². The first-order valence-electron chi connectivity index (χ1n) is 3.56. The zero-order valence-corrected chi connectivity index (χ0v) is 6.69. The predicted molar refractivity (Wildman–Crippen MR) is 42.2 cm³/mol. The molecule has 0 unspecified atom stereocenters. The molecule has 0 radical (unpaired) electrons. The summed E-state index contributed by atoms with van der Waals surface area (Å²) in [6.45, 7) is 1.33. The van der Waals surface area contributed by atoms with Crippen molar-refractivity contribution in [3.05, 3.63) is 18.2 Å². The van der Waals surface area contributed by atoms with Crippen molar-refractivity contribution in [2.24, 2.45) is 5.73 Å². The zero-order chi connectivity index (χ0) is 9.14. The van der Waals surface area contributed by atoms with Gasteiger partial charge in [0, 0.05) is 12.4 Å². The fourth-order valence-electron chi connectivity index (χ4n) is 0.832. The van der Waals surface area contributed by atoms with Gasteiger partial charge in [-0.3, -0.25) is 4.79 Å². The summed E-state index contributed by atoms with van der Waals surface area (Å²) < 4.78 is 0. The summed E-state index contributed by atoms with van der Waals surface area (Å²) in [5.74, 6) is 0.0524. The number of aromatic amines is 1. The van der Waals surface area contributed by atoms with Crippen molar-refractivity contribution in [2.45, 2.75) is 19.1 Å². The van der Waals surface area contributed by atoms with Gasteiger partial charge >= 0.3 is 0 Å². The molecule has 0 aliphatic heterocycles. The molecule has 12 heavy (non-hydrogen) atoms. The minimum absolute atomic E-state index is 0.265. The molecule has 1 heterocycles. The summed E-state index contributed by atoms with van der Waals surface area (Å²) in [5.41, 5.74) is 5.39. The Labute approximate surface area is 69.6 Å². The average molecular weight is 169 g/mol. The number of Topliss-reactive ketones (excluding diaryl/α,β-unsaturated/α-hetero) is 1. The van der Waals surface area contributed by atoms with Crippen molar-refractivity contribution < 1.29 is 9.90 Å². The second-order valence-electron chi connectivity index (χ2n) is 2.56. The first-order valence-corrected chi connectivity index (χ1v) is 3.56. The molecule has 0 saturated heterocycles. The first-order chi connectivity index (χ1) is 5.63. The standard InChI is InChI=1S/C7H11N3O2/c1-4(11)5(8)6(12)7-9-2-3-10-7/h2-3,5-6,12H,8H2,1H3,(H,9,10)/t5-,6+/m1/s1. The summed E-state index contributed by atoms with van der Waals surface area (Å²) >= 11 is 0. The van der Waals surface area contributed by atoms with Crippen LogP contribution >= 0.6 is 0 Å².